The minimum Gasteiger partial charge on any atom is -0.274 e. The van der Waals surface area contributed by atoms with Crippen LogP contribution in [0.15, 0.2) is 52.6 Å². The molecule has 5 nitrogen and oxygen atoms in total. The zero-order valence-corrected chi connectivity index (χ0v) is 16.5. The van der Waals surface area contributed by atoms with Crippen LogP contribution in [0.3, 0.4) is 0 Å². The van der Waals surface area contributed by atoms with Gasteiger partial charge in [0, 0.05) is 21.4 Å². The predicted molar refractivity (Wildman–Crippen MR) is 104 cm³/mol. The fourth-order valence-corrected chi connectivity index (χ4v) is 3.32. The van der Waals surface area contributed by atoms with Crippen LogP contribution in [-0.4, -0.2) is 22.7 Å². The van der Waals surface area contributed by atoms with Crippen molar-refractivity contribution in [1.82, 2.24) is 4.90 Å². The van der Waals surface area contributed by atoms with Crippen molar-refractivity contribution in [3.8, 4) is 0 Å². The molecular weight excluding hydrogens is 443 g/mol. The highest BCUT2D eigenvalue weighted by Gasteiger charge is 2.44. The van der Waals surface area contributed by atoms with Crippen molar-refractivity contribution in [2.24, 2.45) is 0 Å². The lowest BCUT2D eigenvalue weighted by Gasteiger charge is -2.14. The van der Waals surface area contributed by atoms with E-state index >= 15 is 0 Å². The first-order valence-corrected chi connectivity index (χ1v) is 8.95. The Kier molecular flexibility index (Phi) is 5.18. The van der Waals surface area contributed by atoms with Crippen LogP contribution in [0.2, 0.25) is 10.0 Å². The van der Waals surface area contributed by atoms with Crippen LogP contribution < -0.4 is 4.90 Å². The number of halogens is 3. The van der Waals surface area contributed by atoms with Crippen LogP contribution in [0.5, 0.6) is 0 Å². The van der Waals surface area contributed by atoms with Gasteiger partial charge in [-0.15, -0.1) is 0 Å². The number of benzene rings is 2. The average Bonchev–Trinajstić information content (AvgIpc) is 2.79. The summed E-state index contributed by atoms with van der Waals surface area (Å²) in [5, 5.41) is 0.542. The third kappa shape index (κ3) is 3.53. The lowest BCUT2D eigenvalue weighted by molar-refractivity contribution is -0.125. The first-order valence-electron chi connectivity index (χ1n) is 7.40. The van der Waals surface area contributed by atoms with Crippen LogP contribution in [0.1, 0.15) is 12.5 Å². The molecular formula is C18H11BrCl2N2O3. The van der Waals surface area contributed by atoms with E-state index in [1.54, 1.807) is 24.3 Å². The Hall–Kier alpha value is -2.15. The van der Waals surface area contributed by atoms with Gasteiger partial charge in [0.15, 0.2) is 0 Å². The van der Waals surface area contributed by atoms with Gasteiger partial charge in [-0.1, -0.05) is 51.3 Å². The summed E-state index contributed by atoms with van der Waals surface area (Å²) in [6.07, 6.45) is 1.49. The minimum atomic E-state index is -0.774. The van der Waals surface area contributed by atoms with E-state index in [-0.39, 0.29) is 21.4 Å². The highest BCUT2D eigenvalue weighted by atomic mass is 79.9. The lowest BCUT2D eigenvalue weighted by atomic mass is 10.2. The molecule has 1 heterocycles. The minimum absolute atomic E-state index is 0.0408. The molecule has 0 radical (unpaired) electrons. The number of anilines is 1. The summed E-state index contributed by atoms with van der Waals surface area (Å²) in [5.41, 5.74) is 0.824. The van der Waals surface area contributed by atoms with Gasteiger partial charge in [-0.2, -0.15) is 0 Å². The largest absolute Gasteiger partial charge is 0.343 e. The summed E-state index contributed by atoms with van der Waals surface area (Å²) in [7, 11) is 0. The van der Waals surface area contributed by atoms with E-state index in [1.807, 2.05) is 0 Å². The molecule has 1 saturated heterocycles. The summed E-state index contributed by atoms with van der Waals surface area (Å²) in [4.78, 5) is 39.3. The Morgan fingerprint density at radius 1 is 1.04 bits per heavy atom. The first kappa shape index (κ1) is 18.6. The van der Waals surface area contributed by atoms with Gasteiger partial charge >= 0.3 is 6.03 Å². The first-order chi connectivity index (χ1) is 12.3. The van der Waals surface area contributed by atoms with Crippen LogP contribution in [0.4, 0.5) is 10.5 Å². The molecule has 1 aliphatic rings. The molecule has 2 aromatic carbocycles. The van der Waals surface area contributed by atoms with E-state index < -0.39 is 17.8 Å². The Labute approximate surface area is 167 Å². The summed E-state index contributed by atoms with van der Waals surface area (Å²) < 4.78 is 0.868. The van der Waals surface area contributed by atoms with Gasteiger partial charge in [0.1, 0.15) is 5.70 Å². The number of urea groups is 1. The lowest BCUT2D eigenvalue weighted by Crippen LogP contribution is -2.35. The van der Waals surface area contributed by atoms with Crippen molar-refractivity contribution < 1.29 is 14.4 Å². The molecule has 2 aromatic rings. The normalized spacial score (nSPS) is 15.9. The topological polar surface area (TPSA) is 57.7 Å². The zero-order valence-electron chi connectivity index (χ0n) is 13.4. The van der Waals surface area contributed by atoms with Crippen LogP contribution >= 0.6 is 39.1 Å². The van der Waals surface area contributed by atoms with Crippen molar-refractivity contribution in [2.45, 2.75) is 6.92 Å². The predicted octanol–water partition coefficient (Wildman–Crippen LogP) is 5.11. The second-order valence-corrected chi connectivity index (χ2v) is 7.27. The molecule has 132 valence electrons. The number of hydrogen-bond donors (Lipinski definition) is 0. The molecule has 1 fully saturated rings. The highest BCUT2D eigenvalue weighted by Crippen LogP contribution is 2.32. The van der Waals surface area contributed by atoms with Crippen LogP contribution in [0.25, 0.3) is 6.08 Å². The summed E-state index contributed by atoms with van der Waals surface area (Å²) in [5.74, 6) is -1.20. The smallest absolute Gasteiger partial charge is 0.274 e. The van der Waals surface area contributed by atoms with Crippen molar-refractivity contribution in [3.63, 3.8) is 0 Å². The molecule has 0 bridgehead atoms. The molecule has 0 atom stereocenters. The van der Waals surface area contributed by atoms with Gasteiger partial charge in [0.05, 0.1) is 5.69 Å². The van der Waals surface area contributed by atoms with Crippen molar-refractivity contribution >= 4 is 68.7 Å². The third-order valence-corrected chi connectivity index (χ3v) is 4.60. The van der Waals surface area contributed by atoms with Crippen molar-refractivity contribution in [1.29, 1.82) is 0 Å². The molecule has 1 aliphatic heterocycles. The summed E-state index contributed by atoms with van der Waals surface area (Å²) in [6, 6.07) is 10.7. The van der Waals surface area contributed by atoms with Crippen LogP contribution in [0, 0.1) is 0 Å². The molecule has 4 amide bonds. The molecule has 0 N–H and O–H groups in total. The number of nitrogens with zero attached hydrogens (tertiary/aromatic N) is 2. The number of hydrogen-bond acceptors (Lipinski definition) is 3. The molecule has 0 unspecified atom stereocenters. The van der Waals surface area contributed by atoms with Crippen LogP contribution in [-0.2, 0) is 9.59 Å². The zero-order chi connectivity index (χ0) is 19.0. The molecule has 3 rings (SSSR count). The Balaban J connectivity index is 2.10. The van der Waals surface area contributed by atoms with Crippen molar-refractivity contribution in [3.05, 3.63) is 68.2 Å². The van der Waals surface area contributed by atoms with E-state index in [2.05, 4.69) is 15.9 Å². The third-order valence-electron chi connectivity index (χ3n) is 3.64. The van der Waals surface area contributed by atoms with Gasteiger partial charge in [-0.05, 0) is 42.0 Å². The Bertz CT molecular complexity index is 937. The number of amides is 4. The average molecular weight is 454 g/mol. The van der Waals surface area contributed by atoms with E-state index in [9.17, 15) is 14.4 Å². The fraction of sp³-hybridized carbons (Fsp3) is 0.0556. The monoisotopic (exact) mass is 452 g/mol. The summed E-state index contributed by atoms with van der Waals surface area (Å²) >= 11 is 15.3. The second-order valence-electron chi connectivity index (χ2n) is 5.49. The SMILES string of the molecule is CC(=O)N1C(=O)N(c2cc(Cl)cc(Cl)c2)C(=O)C1=Cc1ccc(Br)cc1. The maximum Gasteiger partial charge on any atom is 0.343 e. The standard InChI is InChI=1S/C18H11BrCl2N2O3/c1-10(24)22-16(6-11-2-4-12(19)5-3-11)17(25)23(18(22)26)15-8-13(20)7-14(21)9-15/h2-9H,1H3. The fourth-order valence-electron chi connectivity index (χ4n) is 2.54. The van der Waals surface area contributed by atoms with Gasteiger partial charge in [-0.25, -0.2) is 14.6 Å². The Morgan fingerprint density at radius 2 is 1.62 bits per heavy atom. The van der Waals surface area contributed by atoms with Gasteiger partial charge in [-0.3, -0.25) is 9.59 Å². The molecule has 0 spiro atoms. The molecule has 26 heavy (non-hydrogen) atoms. The number of imide groups is 2. The van der Waals surface area contributed by atoms with Gasteiger partial charge in [0.25, 0.3) is 5.91 Å². The van der Waals surface area contributed by atoms with Gasteiger partial charge < -0.3 is 0 Å². The van der Waals surface area contributed by atoms with E-state index in [0.717, 1.165) is 14.3 Å². The molecule has 0 aliphatic carbocycles. The molecule has 8 heteroatoms. The van der Waals surface area contributed by atoms with E-state index in [0.29, 0.717) is 5.56 Å². The second kappa shape index (κ2) is 7.23. The maximum absolute atomic E-state index is 12.9. The van der Waals surface area contributed by atoms with Crippen molar-refractivity contribution in [2.75, 3.05) is 4.90 Å². The quantitative estimate of drug-likeness (QED) is 0.468. The molecule has 0 saturated carbocycles. The van der Waals surface area contributed by atoms with E-state index in [1.165, 1.54) is 31.2 Å². The van der Waals surface area contributed by atoms with E-state index in [4.69, 9.17) is 23.2 Å². The Morgan fingerprint density at radius 3 is 2.15 bits per heavy atom. The maximum atomic E-state index is 12.9. The summed E-state index contributed by atoms with van der Waals surface area (Å²) in [6.45, 7) is 1.22. The number of carbonyl (C=O) groups is 3. The number of rotatable bonds is 2. The number of carbonyl (C=O) groups excluding carboxylic acids is 3. The van der Waals surface area contributed by atoms with Gasteiger partial charge in [0.2, 0.25) is 5.91 Å². The highest BCUT2D eigenvalue weighted by molar-refractivity contribution is 9.10. The molecule has 0 aromatic heterocycles.